The zero-order valence-corrected chi connectivity index (χ0v) is 18.2. The third-order valence-electron chi connectivity index (χ3n) is 4.40. The maximum Gasteiger partial charge on any atom is 0.316 e. The van der Waals surface area contributed by atoms with E-state index in [4.69, 9.17) is 21.1 Å². The number of methoxy groups -OCH3 is 1. The van der Waals surface area contributed by atoms with Crippen LogP contribution in [0.1, 0.15) is 26.3 Å². The summed E-state index contributed by atoms with van der Waals surface area (Å²) >= 11 is 5.97. The third-order valence-corrected chi connectivity index (χ3v) is 4.71. The summed E-state index contributed by atoms with van der Waals surface area (Å²) in [5.74, 6) is 0.756. The van der Waals surface area contributed by atoms with Gasteiger partial charge in [0.2, 0.25) is 0 Å². The van der Waals surface area contributed by atoms with Gasteiger partial charge in [0, 0.05) is 18.0 Å². The monoisotopic (exact) mass is 444 g/mol. The van der Waals surface area contributed by atoms with Crippen LogP contribution in [0.4, 0.5) is 11.5 Å². The maximum atomic E-state index is 12.3. The van der Waals surface area contributed by atoms with Crippen LogP contribution in [-0.2, 0) is 11.3 Å². The van der Waals surface area contributed by atoms with Crippen LogP contribution in [0.3, 0.4) is 0 Å². The SMILES string of the molecule is COc1ccc(CNc2ncnc3cc(Cl)c([N+](=O)[O-])cc23)cc1OC(=O)C(C)(C)C. The van der Waals surface area contributed by atoms with Crippen molar-refractivity contribution in [2.75, 3.05) is 12.4 Å². The Morgan fingerprint density at radius 3 is 2.58 bits per heavy atom. The van der Waals surface area contributed by atoms with Gasteiger partial charge in [-0.15, -0.1) is 0 Å². The fraction of sp³-hybridized carbons (Fsp3) is 0.286. The number of aromatic nitrogens is 2. The molecular formula is C21H21ClN4O5. The van der Waals surface area contributed by atoms with Crippen molar-refractivity contribution in [3.05, 3.63) is 57.4 Å². The molecule has 3 rings (SSSR count). The number of carbonyl (C=O) groups is 1. The zero-order valence-electron chi connectivity index (χ0n) is 17.4. The number of nitro groups is 1. The van der Waals surface area contributed by atoms with Crippen molar-refractivity contribution in [3.8, 4) is 11.5 Å². The van der Waals surface area contributed by atoms with Crippen molar-refractivity contribution in [2.45, 2.75) is 27.3 Å². The van der Waals surface area contributed by atoms with Crippen LogP contribution in [0, 0.1) is 15.5 Å². The van der Waals surface area contributed by atoms with Crippen molar-refractivity contribution in [1.29, 1.82) is 0 Å². The molecule has 1 aromatic heterocycles. The number of fused-ring (bicyclic) bond motifs is 1. The van der Waals surface area contributed by atoms with Crippen molar-refractivity contribution in [1.82, 2.24) is 9.97 Å². The van der Waals surface area contributed by atoms with Crippen LogP contribution in [-0.4, -0.2) is 28.0 Å². The van der Waals surface area contributed by atoms with Gasteiger partial charge in [0.05, 0.1) is 23.0 Å². The molecule has 0 atom stereocenters. The van der Waals surface area contributed by atoms with Gasteiger partial charge in [-0.1, -0.05) is 17.7 Å². The van der Waals surface area contributed by atoms with Gasteiger partial charge in [0.1, 0.15) is 17.2 Å². The summed E-state index contributed by atoms with van der Waals surface area (Å²) in [6.07, 6.45) is 1.34. The van der Waals surface area contributed by atoms with Gasteiger partial charge in [-0.2, -0.15) is 0 Å². The summed E-state index contributed by atoms with van der Waals surface area (Å²) in [5, 5.41) is 14.8. The Hall–Kier alpha value is -3.46. The fourth-order valence-electron chi connectivity index (χ4n) is 2.70. The number of anilines is 1. The quantitative estimate of drug-likeness (QED) is 0.250. The number of halogens is 1. The van der Waals surface area contributed by atoms with E-state index in [0.29, 0.717) is 34.8 Å². The van der Waals surface area contributed by atoms with Crippen LogP contribution in [0.2, 0.25) is 5.02 Å². The largest absolute Gasteiger partial charge is 0.493 e. The number of nitrogens with zero attached hydrogens (tertiary/aromatic N) is 3. The molecule has 1 heterocycles. The van der Waals surface area contributed by atoms with E-state index in [1.165, 1.54) is 25.6 Å². The van der Waals surface area contributed by atoms with Crippen LogP contribution >= 0.6 is 11.6 Å². The summed E-state index contributed by atoms with van der Waals surface area (Å²) in [6.45, 7) is 5.60. The van der Waals surface area contributed by atoms with E-state index in [0.717, 1.165) is 5.56 Å². The Morgan fingerprint density at radius 2 is 1.94 bits per heavy atom. The van der Waals surface area contributed by atoms with Crippen molar-refractivity contribution in [2.24, 2.45) is 5.41 Å². The summed E-state index contributed by atoms with van der Waals surface area (Å²) in [6, 6.07) is 7.97. The van der Waals surface area contributed by atoms with Gasteiger partial charge in [0.15, 0.2) is 11.5 Å². The number of hydrogen-bond donors (Lipinski definition) is 1. The lowest BCUT2D eigenvalue weighted by Crippen LogP contribution is -2.25. The van der Waals surface area contributed by atoms with Crippen LogP contribution < -0.4 is 14.8 Å². The van der Waals surface area contributed by atoms with Gasteiger partial charge >= 0.3 is 5.97 Å². The molecule has 10 heteroatoms. The Bertz CT molecular complexity index is 1160. The molecule has 0 fully saturated rings. The first-order valence-corrected chi connectivity index (χ1v) is 9.69. The zero-order chi connectivity index (χ0) is 22.8. The van der Waals surface area contributed by atoms with Gasteiger partial charge in [-0.25, -0.2) is 9.97 Å². The maximum absolute atomic E-state index is 12.3. The number of esters is 1. The Balaban J connectivity index is 1.88. The number of benzene rings is 2. The lowest BCUT2D eigenvalue weighted by Gasteiger charge is -2.18. The molecule has 0 amide bonds. The molecule has 0 aliphatic heterocycles. The number of ether oxygens (including phenoxy) is 2. The minimum absolute atomic E-state index is 0.00242. The highest BCUT2D eigenvalue weighted by molar-refractivity contribution is 6.33. The predicted octanol–water partition coefficient (Wildman–Crippen LogP) is 4.76. The highest BCUT2D eigenvalue weighted by Gasteiger charge is 2.25. The Morgan fingerprint density at radius 1 is 1.19 bits per heavy atom. The highest BCUT2D eigenvalue weighted by atomic mass is 35.5. The molecule has 9 nitrogen and oxygen atoms in total. The lowest BCUT2D eigenvalue weighted by atomic mass is 9.97. The summed E-state index contributed by atoms with van der Waals surface area (Å²) in [5.41, 5.74) is 0.359. The summed E-state index contributed by atoms with van der Waals surface area (Å²) < 4.78 is 10.8. The third kappa shape index (κ3) is 5.00. The number of hydrogen-bond acceptors (Lipinski definition) is 8. The lowest BCUT2D eigenvalue weighted by molar-refractivity contribution is -0.384. The smallest absolute Gasteiger partial charge is 0.316 e. The normalized spacial score (nSPS) is 11.3. The molecule has 0 spiro atoms. The van der Waals surface area contributed by atoms with Crippen molar-refractivity contribution >= 4 is 40.0 Å². The standard InChI is InChI=1S/C21H21ClN4O5/c1-21(2,3)20(27)31-18-7-12(5-6-17(18)30-4)10-23-19-13-8-16(26(28)29)14(22)9-15(13)24-11-25-19/h5-9,11H,10H2,1-4H3,(H,23,24,25). The first-order valence-electron chi connectivity index (χ1n) is 9.32. The minimum atomic E-state index is -0.671. The minimum Gasteiger partial charge on any atom is -0.493 e. The topological polar surface area (TPSA) is 116 Å². The molecule has 0 bridgehead atoms. The molecule has 0 aliphatic rings. The predicted molar refractivity (Wildman–Crippen MR) is 117 cm³/mol. The summed E-state index contributed by atoms with van der Waals surface area (Å²) in [7, 11) is 1.49. The average molecular weight is 445 g/mol. The molecule has 0 radical (unpaired) electrons. The van der Waals surface area contributed by atoms with E-state index in [2.05, 4.69) is 15.3 Å². The van der Waals surface area contributed by atoms with Gasteiger partial charge < -0.3 is 14.8 Å². The first-order chi connectivity index (χ1) is 14.6. The molecule has 2 aromatic carbocycles. The van der Waals surface area contributed by atoms with E-state index in [-0.39, 0.29) is 16.7 Å². The molecule has 3 aromatic rings. The first kappa shape index (κ1) is 22.2. The number of nitrogens with one attached hydrogen (secondary N) is 1. The number of nitro benzene ring substituents is 1. The van der Waals surface area contributed by atoms with Crippen molar-refractivity contribution in [3.63, 3.8) is 0 Å². The molecular weight excluding hydrogens is 424 g/mol. The Kier molecular flexibility index (Phi) is 6.26. The van der Waals surface area contributed by atoms with Gasteiger partial charge in [0.25, 0.3) is 5.69 Å². The average Bonchev–Trinajstić information content (AvgIpc) is 2.70. The second kappa shape index (κ2) is 8.73. The molecule has 162 valence electrons. The van der Waals surface area contributed by atoms with Gasteiger partial charge in [-0.05, 0) is 44.5 Å². The Labute approximate surface area is 183 Å². The number of rotatable bonds is 6. The van der Waals surface area contributed by atoms with Crippen LogP contribution in [0.15, 0.2) is 36.7 Å². The van der Waals surface area contributed by atoms with Crippen molar-refractivity contribution < 1.29 is 19.2 Å². The van der Waals surface area contributed by atoms with Crippen LogP contribution in [0.25, 0.3) is 10.9 Å². The fourth-order valence-corrected chi connectivity index (χ4v) is 2.92. The second-order valence-electron chi connectivity index (χ2n) is 7.78. The second-order valence-corrected chi connectivity index (χ2v) is 8.19. The molecule has 0 saturated heterocycles. The molecule has 31 heavy (non-hydrogen) atoms. The van der Waals surface area contributed by atoms with E-state index in [1.54, 1.807) is 32.9 Å². The molecule has 0 saturated carbocycles. The van der Waals surface area contributed by atoms with Crippen LogP contribution in [0.5, 0.6) is 11.5 Å². The summed E-state index contributed by atoms with van der Waals surface area (Å²) in [4.78, 5) is 31.2. The molecule has 1 N–H and O–H groups in total. The molecule has 0 aliphatic carbocycles. The number of carbonyl (C=O) groups excluding carboxylic acids is 1. The van der Waals surface area contributed by atoms with Gasteiger partial charge in [-0.3, -0.25) is 14.9 Å². The van der Waals surface area contributed by atoms with E-state index >= 15 is 0 Å². The van der Waals surface area contributed by atoms with E-state index in [1.807, 2.05) is 6.07 Å². The van der Waals surface area contributed by atoms with E-state index in [9.17, 15) is 14.9 Å². The van der Waals surface area contributed by atoms with E-state index < -0.39 is 10.3 Å². The molecule has 0 unspecified atom stereocenters. The highest BCUT2D eigenvalue weighted by Crippen LogP contribution is 2.33.